The SMILES string of the molecule is Cc1c(CO)nc(Nc2ccc(F)cc2)nc1N1CCc2ccccc2C1C.Cl. The highest BCUT2D eigenvalue weighted by Gasteiger charge is 2.27. The van der Waals surface area contributed by atoms with Crippen LogP contribution in [-0.4, -0.2) is 21.6 Å². The third kappa shape index (κ3) is 4.18. The lowest BCUT2D eigenvalue weighted by Crippen LogP contribution is -2.35. The van der Waals surface area contributed by atoms with Crippen molar-refractivity contribution in [1.29, 1.82) is 0 Å². The average Bonchev–Trinajstić information content (AvgIpc) is 2.71. The van der Waals surface area contributed by atoms with E-state index in [-0.39, 0.29) is 30.9 Å². The fraction of sp³-hybridized carbons (Fsp3) is 0.273. The quantitative estimate of drug-likeness (QED) is 0.647. The van der Waals surface area contributed by atoms with Crippen LogP contribution in [0.5, 0.6) is 0 Å². The van der Waals surface area contributed by atoms with E-state index in [1.807, 2.05) is 6.92 Å². The maximum atomic E-state index is 13.2. The highest BCUT2D eigenvalue weighted by atomic mass is 35.5. The number of aliphatic hydroxyl groups is 1. The Bertz CT molecular complexity index is 997. The van der Waals surface area contributed by atoms with Gasteiger partial charge in [-0.15, -0.1) is 12.4 Å². The van der Waals surface area contributed by atoms with Gasteiger partial charge in [0.05, 0.1) is 18.3 Å². The Morgan fingerprint density at radius 1 is 1.14 bits per heavy atom. The molecule has 0 saturated carbocycles. The number of aliphatic hydroxyl groups excluding tert-OH is 1. The molecule has 1 aromatic heterocycles. The Hall–Kier alpha value is -2.70. The second kappa shape index (κ2) is 8.76. The topological polar surface area (TPSA) is 61.3 Å². The molecular weight excluding hydrogens is 391 g/mol. The lowest BCUT2D eigenvalue weighted by Gasteiger charge is -2.37. The Balaban J connectivity index is 0.00000240. The molecule has 0 bridgehead atoms. The third-order valence-corrected chi connectivity index (χ3v) is 5.34. The summed E-state index contributed by atoms with van der Waals surface area (Å²) in [5.74, 6) is 0.904. The molecule has 5 nitrogen and oxygen atoms in total. The second-order valence-corrected chi connectivity index (χ2v) is 7.05. The van der Waals surface area contributed by atoms with Gasteiger partial charge in [-0.1, -0.05) is 24.3 Å². The van der Waals surface area contributed by atoms with Crippen LogP contribution in [-0.2, 0) is 13.0 Å². The average molecular weight is 415 g/mol. The van der Waals surface area contributed by atoms with Crippen LogP contribution in [0.4, 0.5) is 21.8 Å². The van der Waals surface area contributed by atoms with Crippen LogP contribution in [0.15, 0.2) is 48.5 Å². The number of rotatable bonds is 4. The van der Waals surface area contributed by atoms with Gasteiger partial charge in [0.15, 0.2) is 0 Å². The molecule has 2 N–H and O–H groups in total. The van der Waals surface area contributed by atoms with Crippen LogP contribution in [0.1, 0.15) is 35.3 Å². The molecule has 0 fully saturated rings. The van der Waals surface area contributed by atoms with Crippen molar-refractivity contribution in [2.24, 2.45) is 0 Å². The zero-order valence-corrected chi connectivity index (χ0v) is 17.2. The number of aromatic nitrogens is 2. The van der Waals surface area contributed by atoms with Crippen molar-refractivity contribution in [3.63, 3.8) is 0 Å². The van der Waals surface area contributed by atoms with Gasteiger partial charge >= 0.3 is 0 Å². The van der Waals surface area contributed by atoms with E-state index < -0.39 is 0 Å². The van der Waals surface area contributed by atoms with Gasteiger partial charge in [-0.05, 0) is 55.7 Å². The molecular formula is C22H24ClFN4O. The molecule has 29 heavy (non-hydrogen) atoms. The number of halogens is 2. The van der Waals surface area contributed by atoms with Gasteiger partial charge in [0.1, 0.15) is 11.6 Å². The molecule has 1 aliphatic rings. The summed E-state index contributed by atoms with van der Waals surface area (Å²) in [6, 6.07) is 14.7. The van der Waals surface area contributed by atoms with Gasteiger partial charge in [0.25, 0.3) is 0 Å². The first-order chi connectivity index (χ1) is 13.6. The normalized spacial score (nSPS) is 15.4. The molecule has 7 heteroatoms. The Labute approximate surface area is 176 Å². The Morgan fingerprint density at radius 2 is 1.86 bits per heavy atom. The molecule has 0 spiro atoms. The van der Waals surface area contributed by atoms with Crippen molar-refractivity contribution in [1.82, 2.24) is 9.97 Å². The summed E-state index contributed by atoms with van der Waals surface area (Å²) in [5.41, 5.74) is 4.81. The fourth-order valence-corrected chi connectivity index (χ4v) is 3.76. The summed E-state index contributed by atoms with van der Waals surface area (Å²) < 4.78 is 13.2. The van der Waals surface area contributed by atoms with E-state index in [1.165, 1.54) is 23.3 Å². The van der Waals surface area contributed by atoms with Crippen LogP contribution in [0.3, 0.4) is 0 Å². The van der Waals surface area contributed by atoms with Gasteiger partial charge in [-0.2, -0.15) is 4.98 Å². The summed E-state index contributed by atoms with van der Waals surface area (Å²) in [7, 11) is 0. The molecule has 0 saturated heterocycles. The fourth-order valence-electron chi connectivity index (χ4n) is 3.76. The van der Waals surface area contributed by atoms with Crippen LogP contribution in [0.25, 0.3) is 0 Å². The largest absolute Gasteiger partial charge is 0.390 e. The number of fused-ring (bicyclic) bond motifs is 1. The first-order valence-corrected chi connectivity index (χ1v) is 9.42. The number of hydrogen-bond acceptors (Lipinski definition) is 5. The molecule has 1 aliphatic heterocycles. The molecule has 2 heterocycles. The first-order valence-electron chi connectivity index (χ1n) is 9.42. The predicted octanol–water partition coefficient (Wildman–Crippen LogP) is 4.71. The van der Waals surface area contributed by atoms with E-state index in [1.54, 1.807) is 12.1 Å². The van der Waals surface area contributed by atoms with Crippen LogP contribution in [0.2, 0.25) is 0 Å². The molecule has 152 valence electrons. The molecule has 1 atom stereocenters. The monoisotopic (exact) mass is 414 g/mol. The number of nitrogens with zero attached hydrogens (tertiary/aromatic N) is 3. The summed E-state index contributed by atoms with van der Waals surface area (Å²) in [6.45, 7) is 4.79. The minimum atomic E-state index is -0.298. The summed E-state index contributed by atoms with van der Waals surface area (Å²) in [6.07, 6.45) is 0.944. The highest BCUT2D eigenvalue weighted by molar-refractivity contribution is 5.85. The molecule has 4 rings (SSSR count). The summed E-state index contributed by atoms with van der Waals surface area (Å²) >= 11 is 0. The number of benzene rings is 2. The molecule has 0 aliphatic carbocycles. The van der Waals surface area contributed by atoms with Crippen molar-refractivity contribution in [2.45, 2.75) is 32.9 Å². The van der Waals surface area contributed by atoms with E-state index in [2.05, 4.69) is 46.4 Å². The van der Waals surface area contributed by atoms with Crippen molar-refractivity contribution in [3.05, 3.63) is 76.7 Å². The van der Waals surface area contributed by atoms with E-state index in [9.17, 15) is 9.50 Å². The van der Waals surface area contributed by atoms with Crippen molar-refractivity contribution in [3.8, 4) is 0 Å². The predicted molar refractivity (Wildman–Crippen MR) is 116 cm³/mol. The van der Waals surface area contributed by atoms with E-state index in [4.69, 9.17) is 4.98 Å². The first kappa shape index (κ1) is 21.0. The zero-order chi connectivity index (χ0) is 19.7. The van der Waals surface area contributed by atoms with E-state index in [0.717, 1.165) is 24.3 Å². The lowest BCUT2D eigenvalue weighted by molar-refractivity contribution is 0.276. The maximum Gasteiger partial charge on any atom is 0.229 e. The number of nitrogens with one attached hydrogen (secondary N) is 1. The van der Waals surface area contributed by atoms with Crippen LogP contribution < -0.4 is 10.2 Å². The zero-order valence-electron chi connectivity index (χ0n) is 16.4. The summed E-state index contributed by atoms with van der Waals surface area (Å²) in [4.78, 5) is 11.4. The van der Waals surface area contributed by atoms with E-state index in [0.29, 0.717) is 17.3 Å². The van der Waals surface area contributed by atoms with Crippen molar-refractivity contribution in [2.75, 3.05) is 16.8 Å². The van der Waals surface area contributed by atoms with Gasteiger partial charge < -0.3 is 15.3 Å². The number of anilines is 3. The van der Waals surface area contributed by atoms with Crippen LogP contribution >= 0.6 is 12.4 Å². The standard InChI is InChI=1S/C22H23FN4O.ClH/c1-14-20(13-28)25-22(24-18-9-7-17(23)8-10-18)26-21(14)27-12-11-16-5-3-4-6-19(16)15(27)2;/h3-10,15,28H,11-13H2,1-2H3,(H,24,25,26);1H. The number of hydrogen-bond donors (Lipinski definition) is 2. The van der Waals surface area contributed by atoms with Gasteiger partial charge in [0.2, 0.25) is 5.95 Å². The molecule has 3 aromatic rings. The Morgan fingerprint density at radius 3 is 2.59 bits per heavy atom. The molecule has 0 radical (unpaired) electrons. The van der Waals surface area contributed by atoms with Gasteiger partial charge in [-0.3, -0.25) is 0 Å². The molecule has 1 unspecified atom stereocenters. The maximum absolute atomic E-state index is 13.2. The Kier molecular flexibility index (Phi) is 6.35. The van der Waals surface area contributed by atoms with Gasteiger partial charge in [0, 0.05) is 17.8 Å². The van der Waals surface area contributed by atoms with E-state index >= 15 is 0 Å². The third-order valence-electron chi connectivity index (χ3n) is 5.34. The minimum Gasteiger partial charge on any atom is -0.390 e. The second-order valence-electron chi connectivity index (χ2n) is 7.05. The smallest absolute Gasteiger partial charge is 0.229 e. The highest BCUT2D eigenvalue weighted by Crippen LogP contribution is 2.35. The minimum absolute atomic E-state index is 0. The van der Waals surface area contributed by atoms with Crippen molar-refractivity contribution < 1.29 is 9.50 Å². The lowest BCUT2D eigenvalue weighted by atomic mass is 9.93. The van der Waals surface area contributed by atoms with Crippen molar-refractivity contribution >= 4 is 29.9 Å². The molecule has 2 aromatic carbocycles. The van der Waals surface area contributed by atoms with Gasteiger partial charge in [-0.25, -0.2) is 9.37 Å². The summed E-state index contributed by atoms with van der Waals surface area (Å²) in [5, 5.41) is 12.9. The molecule has 0 amide bonds. The van der Waals surface area contributed by atoms with Crippen LogP contribution in [0, 0.1) is 12.7 Å².